The van der Waals surface area contributed by atoms with Gasteiger partial charge in [0.05, 0.1) is 5.69 Å². The topological polar surface area (TPSA) is 82.5 Å². The van der Waals surface area contributed by atoms with E-state index in [1.807, 2.05) is 0 Å². The van der Waals surface area contributed by atoms with Crippen molar-refractivity contribution in [3.05, 3.63) is 33.4 Å². The molecule has 0 unspecified atom stereocenters. The number of hydrogen-bond donors (Lipinski definition) is 3. The highest BCUT2D eigenvalue weighted by Gasteiger charge is 2.15. The standard InChI is InChI=1S/C10H7Cl3N2O3/c11-4-1-5(10(16)6(12)2-4)9-7(15(17)18)3-8(13)14-9/h1-3,14,16-18H/p-1. The summed E-state index contributed by atoms with van der Waals surface area (Å²) in [6, 6.07) is 3.89. The Morgan fingerprint density at radius 3 is 2.39 bits per heavy atom. The molecule has 8 heteroatoms. The van der Waals surface area contributed by atoms with Crippen LogP contribution in [0, 0.1) is 0 Å². The normalized spacial score (nSPS) is 10.7. The molecule has 1 aromatic heterocycles. The lowest BCUT2D eigenvalue weighted by Gasteiger charge is -2.17. The summed E-state index contributed by atoms with van der Waals surface area (Å²) in [5.41, 5.74) is 0.109. The molecule has 0 radical (unpaired) electrons. The fourth-order valence-corrected chi connectivity index (χ4v) is 2.21. The van der Waals surface area contributed by atoms with Crippen LogP contribution >= 0.6 is 34.8 Å². The van der Waals surface area contributed by atoms with Crippen LogP contribution in [0.25, 0.3) is 11.3 Å². The Morgan fingerprint density at radius 1 is 1.11 bits per heavy atom. The molecule has 0 saturated carbocycles. The summed E-state index contributed by atoms with van der Waals surface area (Å²) in [6.07, 6.45) is 0. The molecular formula is C10H6Cl3N2O3-. The molecule has 18 heavy (non-hydrogen) atoms. The second kappa shape index (κ2) is 4.87. The zero-order chi connectivity index (χ0) is 13.4. The van der Waals surface area contributed by atoms with Gasteiger partial charge in [0.25, 0.3) is 0 Å². The van der Waals surface area contributed by atoms with Crippen LogP contribution in [0.4, 0.5) is 5.69 Å². The number of rotatable bonds is 2. The maximum absolute atomic E-state index is 11.9. The highest BCUT2D eigenvalue weighted by molar-refractivity contribution is 6.36. The summed E-state index contributed by atoms with van der Waals surface area (Å²) in [7, 11) is 0. The van der Waals surface area contributed by atoms with Gasteiger partial charge in [0, 0.05) is 16.1 Å². The van der Waals surface area contributed by atoms with Gasteiger partial charge in [-0.15, -0.1) is 5.23 Å². The van der Waals surface area contributed by atoms with E-state index in [0.29, 0.717) is 0 Å². The predicted molar refractivity (Wildman–Crippen MR) is 66.8 cm³/mol. The van der Waals surface area contributed by atoms with Crippen LogP contribution in [0.2, 0.25) is 15.2 Å². The van der Waals surface area contributed by atoms with E-state index < -0.39 is 5.75 Å². The third-order valence-electron chi connectivity index (χ3n) is 2.26. The summed E-state index contributed by atoms with van der Waals surface area (Å²) in [5, 5.41) is 30.1. The van der Waals surface area contributed by atoms with Gasteiger partial charge < -0.3 is 10.1 Å². The molecule has 0 amide bonds. The summed E-state index contributed by atoms with van der Waals surface area (Å²) in [5.74, 6) is -0.498. The zero-order valence-electron chi connectivity index (χ0n) is 8.62. The smallest absolute Gasteiger partial charge is 0.121 e. The summed E-state index contributed by atoms with van der Waals surface area (Å²) >= 11 is 17.2. The quantitative estimate of drug-likeness (QED) is 0.743. The Morgan fingerprint density at radius 2 is 1.78 bits per heavy atom. The minimum absolute atomic E-state index is 0.0726. The lowest BCUT2D eigenvalue weighted by molar-refractivity contribution is -0.267. The minimum atomic E-state index is -0.498. The first-order chi connectivity index (χ1) is 8.40. The molecular weight excluding hydrogens is 302 g/mol. The number of anilines is 1. The van der Waals surface area contributed by atoms with Gasteiger partial charge in [0.15, 0.2) is 0 Å². The van der Waals surface area contributed by atoms with Crippen LogP contribution in [0.3, 0.4) is 0 Å². The van der Waals surface area contributed by atoms with Crippen molar-refractivity contribution in [2.24, 2.45) is 0 Å². The van der Waals surface area contributed by atoms with E-state index in [1.54, 1.807) is 0 Å². The fourth-order valence-electron chi connectivity index (χ4n) is 1.52. The van der Waals surface area contributed by atoms with Crippen molar-refractivity contribution >= 4 is 40.5 Å². The first-order valence-electron chi connectivity index (χ1n) is 4.63. The number of aromatic amines is 1. The first-order valence-corrected chi connectivity index (χ1v) is 5.76. The van der Waals surface area contributed by atoms with Gasteiger partial charge in [-0.05, 0) is 17.7 Å². The van der Waals surface area contributed by atoms with E-state index in [1.165, 1.54) is 18.2 Å². The Balaban J connectivity index is 2.69. The SMILES string of the molecule is [O-]c1c(Cl)cc(Cl)cc1-c1[nH]c(Cl)cc1N(O)O. The molecule has 1 aromatic carbocycles. The molecule has 0 fully saturated rings. The molecule has 0 saturated heterocycles. The van der Waals surface area contributed by atoms with Crippen LogP contribution in [-0.2, 0) is 0 Å². The average molecular weight is 309 g/mol. The van der Waals surface area contributed by atoms with Gasteiger partial charge in [0.2, 0.25) is 0 Å². The molecule has 3 N–H and O–H groups in total. The highest BCUT2D eigenvalue weighted by Crippen LogP contribution is 2.40. The monoisotopic (exact) mass is 307 g/mol. The summed E-state index contributed by atoms with van der Waals surface area (Å²) < 4.78 is 0. The molecule has 96 valence electrons. The molecule has 0 bridgehead atoms. The van der Waals surface area contributed by atoms with E-state index in [0.717, 1.165) is 0 Å². The van der Waals surface area contributed by atoms with Crippen molar-refractivity contribution in [2.75, 3.05) is 5.23 Å². The van der Waals surface area contributed by atoms with Gasteiger partial charge in [0.1, 0.15) is 10.8 Å². The molecule has 0 atom stereocenters. The molecule has 2 rings (SSSR count). The number of benzene rings is 1. The molecule has 0 aliphatic carbocycles. The van der Waals surface area contributed by atoms with Crippen molar-refractivity contribution in [1.82, 2.24) is 4.98 Å². The second-order valence-electron chi connectivity index (χ2n) is 3.43. The van der Waals surface area contributed by atoms with E-state index in [-0.39, 0.29) is 37.4 Å². The number of halogens is 3. The second-order valence-corrected chi connectivity index (χ2v) is 4.68. The van der Waals surface area contributed by atoms with Gasteiger partial charge in [-0.1, -0.05) is 40.6 Å². The molecule has 0 aliphatic rings. The van der Waals surface area contributed by atoms with Crippen LogP contribution in [0.5, 0.6) is 5.75 Å². The van der Waals surface area contributed by atoms with Gasteiger partial charge >= 0.3 is 0 Å². The van der Waals surface area contributed by atoms with Crippen molar-refractivity contribution in [1.29, 1.82) is 0 Å². The molecule has 0 aliphatic heterocycles. The maximum atomic E-state index is 11.9. The highest BCUT2D eigenvalue weighted by atomic mass is 35.5. The number of nitrogens with zero attached hydrogens (tertiary/aromatic N) is 1. The Hall–Kier alpha value is -1.11. The van der Waals surface area contributed by atoms with E-state index in [4.69, 9.17) is 45.2 Å². The largest absolute Gasteiger partial charge is 0.871 e. The van der Waals surface area contributed by atoms with Crippen molar-refractivity contribution in [3.63, 3.8) is 0 Å². The van der Waals surface area contributed by atoms with Gasteiger partial charge in [-0.2, -0.15) is 0 Å². The maximum Gasteiger partial charge on any atom is 0.121 e. The van der Waals surface area contributed by atoms with Gasteiger partial charge in [-0.3, -0.25) is 10.4 Å². The van der Waals surface area contributed by atoms with Crippen LogP contribution in [0.1, 0.15) is 0 Å². The Kier molecular flexibility index (Phi) is 3.61. The fraction of sp³-hybridized carbons (Fsp3) is 0. The number of hydrogen-bond acceptors (Lipinski definition) is 4. The number of H-pyrrole nitrogens is 1. The van der Waals surface area contributed by atoms with Crippen molar-refractivity contribution < 1.29 is 15.5 Å². The molecule has 0 spiro atoms. The van der Waals surface area contributed by atoms with E-state index >= 15 is 0 Å². The van der Waals surface area contributed by atoms with Crippen LogP contribution in [-0.4, -0.2) is 15.4 Å². The lowest BCUT2D eigenvalue weighted by Crippen LogP contribution is -2.11. The summed E-state index contributed by atoms with van der Waals surface area (Å²) in [4.78, 5) is 2.62. The molecule has 1 heterocycles. The molecule has 2 aromatic rings. The number of nitrogens with one attached hydrogen (secondary N) is 1. The third-order valence-corrected chi connectivity index (χ3v) is 2.96. The van der Waals surface area contributed by atoms with Crippen molar-refractivity contribution in [3.8, 4) is 17.0 Å². The zero-order valence-corrected chi connectivity index (χ0v) is 10.9. The van der Waals surface area contributed by atoms with Crippen LogP contribution in [0.15, 0.2) is 18.2 Å². The summed E-state index contributed by atoms with van der Waals surface area (Å²) in [6.45, 7) is 0. The molecule has 5 nitrogen and oxygen atoms in total. The third kappa shape index (κ3) is 2.36. The number of aromatic nitrogens is 1. The lowest BCUT2D eigenvalue weighted by atomic mass is 10.1. The van der Waals surface area contributed by atoms with Crippen molar-refractivity contribution in [2.45, 2.75) is 0 Å². The first kappa shape index (κ1) is 13.3. The predicted octanol–water partition coefficient (Wildman–Crippen LogP) is 3.30. The van der Waals surface area contributed by atoms with Crippen LogP contribution < -0.4 is 10.3 Å². The average Bonchev–Trinajstić information content (AvgIpc) is 2.65. The van der Waals surface area contributed by atoms with Gasteiger partial charge in [-0.25, -0.2) is 0 Å². The Bertz CT molecular complexity index is 598. The van der Waals surface area contributed by atoms with E-state index in [2.05, 4.69) is 4.98 Å². The minimum Gasteiger partial charge on any atom is -0.871 e. The Labute approximate surface area is 117 Å². The van der Waals surface area contributed by atoms with E-state index in [9.17, 15) is 5.11 Å².